The molecule has 0 unspecified atom stereocenters. The Labute approximate surface area is 232 Å². The summed E-state index contributed by atoms with van der Waals surface area (Å²) in [6.07, 6.45) is 20.5. The van der Waals surface area contributed by atoms with E-state index in [4.69, 9.17) is 4.74 Å². The van der Waals surface area contributed by atoms with Crippen molar-refractivity contribution in [2.45, 2.75) is 110 Å². The first-order valence-corrected chi connectivity index (χ1v) is 13.2. The molecule has 0 N–H and O–H groups in total. The molecular weight excluding hydrogens is 432 g/mol. The summed E-state index contributed by atoms with van der Waals surface area (Å²) in [5.41, 5.74) is 2.30. The summed E-state index contributed by atoms with van der Waals surface area (Å²) in [5, 5.41) is 0. The number of unbranched alkanes of at least 4 members (excludes halogenated alkanes) is 14. The van der Waals surface area contributed by atoms with E-state index in [0.717, 1.165) is 18.4 Å². The van der Waals surface area contributed by atoms with Crippen LogP contribution in [0.2, 0.25) is 0 Å². The number of ether oxygens (including phenoxy) is 1. The average molecular weight is 479 g/mol. The SMILES string of the molecule is CCCCCCCCCCCCCCCCCC(=O)Oc1ccc(-c2ccccc2)cc1.[CaH2]. The average Bonchev–Trinajstić information content (AvgIpc) is 2.82. The zero-order chi connectivity index (χ0) is 22.7. The van der Waals surface area contributed by atoms with Crippen LogP contribution >= 0.6 is 0 Å². The number of carbonyl (C=O) groups is 1. The Morgan fingerprint density at radius 3 is 1.48 bits per heavy atom. The Morgan fingerprint density at radius 1 is 0.576 bits per heavy atom. The number of carbonyl (C=O) groups excluding carboxylic acids is 1. The van der Waals surface area contributed by atoms with Gasteiger partial charge in [0, 0.05) is 6.42 Å². The number of esters is 1. The molecule has 0 aromatic heterocycles. The second kappa shape index (κ2) is 20.5. The van der Waals surface area contributed by atoms with Gasteiger partial charge >= 0.3 is 43.7 Å². The van der Waals surface area contributed by atoms with Crippen molar-refractivity contribution in [3.8, 4) is 16.9 Å². The van der Waals surface area contributed by atoms with Crippen molar-refractivity contribution in [3.63, 3.8) is 0 Å². The molecule has 0 spiro atoms. The molecular formula is C30H46CaO2. The van der Waals surface area contributed by atoms with Gasteiger partial charge in [0.05, 0.1) is 0 Å². The fourth-order valence-corrected chi connectivity index (χ4v) is 4.17. The van der Waals surface area contributed by atoms with Crippen LogP contribution in [0.4, 0.5) is 0 Å². The van der Waals surface area contributed by atoms with E-state index in [9.17, 15) is 4.79 Å². The number of benzene rings is 2. The van der Waals surface area contributed by atoms with Crippen LogP contribution in [0.25, 0.3) is 11.1 Å². The van der Waals surface area contributed by atoms with Crippen molar-refractivity contribution in [2.75, 3.05) is 0 Å². The molecule has 0 saturated carbocycles. The maximum atomic E-state index is 12.1. The monoisotopic (exact) mass is 478 g/mol. The molecule has 0 radical (unpaired) electrons. The second-order valence-corrected chi connectivity index (χ2v) is 9.06. The molecule has 0 aliphatic carbocycles. The Kier molecular flexibility index (Phi) is 18.8. The van der Waals surface area contributed by atoms with Crippen molar-refractivity contribution in [2.24, 2.45) is 0 Å². The summed E-state index contributed by atoms with van der Waals surface area (Å²) >= 11 is 0. The summed E-state index contributed by atoms with van der Waals surface area (Å²) in [6.45, 7) is 2.28. The zero-order valence-corrected chi connectivity index (χ0v) is 20.3. The Bertz CT molecular complexity index is 712. The number of rotatable bonds is 18. The van der Waals surface area contributed by atoms with Crippen LogP contribution in [0, 0.1) is 0 Å². The van der Waals surface area contributed by atoms with Crippen LogP contribution in [-0.4, -0.2) is 43.7 Å². The quantitative estimate of drug-likeness (QED) is 0.0927. The van der Waals surface area contributed by atoms with E-state index in [2.05, 4.69) is 19.1 Å². The van der Waals surface area contributed by atoms with Crippen molar-refractivity contribution in [1.29, 1.82) is 0 Å². The third kappa shape index (κ3) is 14.9. The summed E-state index contributed by atoms with van der Waals surface area (Å²) in [7, 11) is 0. The van der Waals surface area contributed by atoms with Gasteiger partial charge < -0.3 is 4.74 Å². The van der Waals surface area contributed by atoms with Crippen LogP contribution in [0.15, 0.2) is 54.6 Å². The van der Waals surface area contributed by atoms with Crippen LogP contribution < -0.4 is 4.74 Å². The van der Waals surface area contributed by atoms with Crippen LogP contribution in [0.3, 0.4) is 0 Å². The first-order chi connectivity index (χ1) is 15.8. The van der Waals surface area contributed by atoms with Gasteiger partial charge in [-0.05, 0) is 29.7 Å². The molecule has 0 fully saturated rings. The van der Waals surface area contributed by atoms with Gasteiger partial charge in [-0.1, -0.05) is 139 Å². The number of hydrogen-bond acceptors (Lipinski definition) is 2. The third-order valence-corrected chi connectivity index (χ3v) is 6.18. The van der Waals surface area contributed by atoms with Crippen LogP contribution in [-0.2, 0) is 4.79 Å². The molecule has 0 saturated heterocycles. The molecule has 2 rings (SSSR count). The van der Waals surface area contributed by atoms with E-state index in [1.54, 1.807) is 0 Å². The van der Waals surface area contributed by atoms with Gasteiger partial charge in [-0.2, -0.15) is 0 Å². The van der Waals surface area contributed by atoms with Gasteiger partial charge in [0.15, 0.2) is 0 Å². The van der Waals surface area contributed by atoms with Gasteiger partial charge in [0.25, 0.3) is 0 Å². The van der Waals surface area contributed by atoms with Gasteiger partial charge in [0.2, 0.25) is 0 Å². The minimum absolute atomic E-state index is 0. The normalized spacial score (nSPS) is 10.6. The Balaban J connectivity index is 0.00000544. The summed E-state index contributed by atoms with van der Waals surface area (Å²) in [6, 6.07) is 18.0. The molecule has 2 aromatic carbocycles. The number of hydrogen-bond donors (Lipinski definition) is 0. The Morgan fingerprint density at radius 2 is 1.00 bits per heavy atom. The fourth-order valence-electron chi connectivity index (χ4n) is 4.17. The molecule has 0 aliphatic rings. The first kappa shape index (κ1) is 30.2. The summed E-state index contributed by atoms with van der Waals surface area (Å²) < 4.78 is 5.49. The molecule has 0 bridgehead atoms. The molecule has 2 aromatic rings. The van der Waals surface area contributed by atoms with Crippen LogP contribution in [0.5, 0.6) is 5.75 Å². The predicted octanol–water partition coefficient (Wildman–Crippen LogP) is 8.60. The van der Waals surface area contributed by atoms with Crippen molar-refractivity contribution >= 4 is 43.7 Å². The molecule has 180 valence electrons. The van der Waals surface area contributed by atoms with E-state index in [1.165, 1.54) is 89.0 Å². The topological polar surface area (TPSA) is 26.3 Å². The van der Waals surface area contributed by atoms with Gasteiger partial charge in [-0.25, -0.2) is 0 Å². The summed E-state index contributed by atoms with van der Waals surface area (Å²) in [4.78, 5) is 12.1. The molecule has 3 heteroatoms. The molecule has 0 atom stereocenters. The van der Waals surface area contributed by atoms with Crippen molar-refractivity contribution < 1.29 is 9.53 Å². The zero-order valence-electron chi connectivity index (χ0n) is 20.3. The predicted molar refractivity (Wildman–Crippen MR) is 146 cm³/mol. The van der Waals surface area contributed by atoms with E-state index < -0.39 is 0 Å². The van der Waals surface area contributed by atoms with Crippen LogP contribution in [0.1, 0.15) is 110 Å². The van der Waals surface area contributed by atoms with Gasteiger partial charge in [-0.3, -0.25) is 4.79 Å². The second-order valence-electron chi connectivity index (χ2n) is 9.06. The molecule has 0 heterocycles. The van der Waals surface area contributed by atoms with E-state index in [1.807, 2.05) is 42.5 Å². The van der Waals surface area contributed by atoms with E-state index >= 15 is 0 Å². The molecule has 0 amide bonds. The fraction of sp³-hybridized carbons (Fsp3) is 0.567. The van der Waals surface area contributed by atoms with E-state index in [0.29, 0.717) is 12.2 Å². The molecule has 0 aliphatic heterocycles. The minimum atomic E-state index is -0.118. The standard InChI is InChI=1S/C30H44O2.Ca.2H/c1-2-3-4-5-6-7-8-9-10-11-12-13-14-15-19-22-30(31)32-29-25-23-28(24-26-29)27-20-17-16-18-21-27;;;/h16-18,20-21,23-26H,2-15,19,22H2,1H3;;;. The van der Waals surface area contributed by atoms with Gasteiger partial charge in [0.1, 0.15) is 5.75 Å². The van der Waals surface area contributed by atoms with E-state index in [-0.39, 0.29) is 43.7 Å². The summed E-state index contributed by atoms with van der Waals surface area (Å²) in [5.74, 6) is 0.516. The van der Waals surface area contributed by atoms with Gasteiger partial charge in [-0.15, -0.1) is 0 Å². The third-order valence-electron chi connectivity index (χ3n) is 6.18. The maximum absolute atomic E-state index is 12.1. The van der Waals surface area contributed by atoms with Crippen molar-refractivity contribution in [1.82, 2.24) is 0 Å². The molecule has 2 nitrogen and oxygen atoms in total. The molecule has 33 heavy (non-hydrogen) atoms. The first-order valence-electron chi connectivity index (χ1n) is 13.2. The van der Waals surface area contributed by atoms with Crippen molar-refractivity contribution in [3.05, 3.63) is 54.6 Å². The Hall–Kier alpha value is -0.830.